The van der Waals surface area contributed by atoms with Gasteiger partial charge in [0, 0.05) is 10.7 Å². The van der Waals surface area contributed by atoms with E-state index in [1.807, 2.05) is 0 Å². The molecule has 0 bridgehead atoms. The van der Waals surface area contributed by atoms with Crippen LogP contribution in [-0.4, -0.2) is 61.3 Å². The van der Waals surface area contributed by atoms with Crippen LogP contribution in [0.25, 0.3) is 0 Å². The lowest BCUT2D eigenvalue weighted by molar-refractivity contribution is -0.142. The number of benzene rings is 1. The van der Waals surface area contributed by atoms with Crippen molar-refractivity contribution in [3.8, 4) is 0 Å². The van der Waals surface area contributed by atoms with Gasteiger partial charge >= 0.3 is 6.18 Å². The van der Waals surface area contributed by atoms with Crippen molar-refractivity contribution in [2.45, 2.75) is 24.6 Å². The Morgan fingerprint density at radius 3 is 2.54 bits per heavy atom. The lowest BCUT2D eigenvalue weighted by Gasteiger charge is -2.40. The van der Waals surface area contributed by atoms with E-state index in [1.165, 1.54) is 17.0 Å². The zero-order valence-electron chi connectivity index (χ0n) is 14.8. The summed E-state index contributed by atoms with van der Waals surface area (Å²) < 4.78 is 50.7. The fourth-order valence-electron chi connectivity index (χ4n) is 3.68. The lowest BCUT2D eigenvalue weighted by atomic mass is 9.86. The van der Waals surface area contributed by atoms with Gasteiger partial charge in [-0.1, -0.05) is 11.6 Å². The number of hydrogen-bond acceptors (Lipinski definition) is 4. The summed E-state index contributed by atoms with van der Waals surface area (Å²) in [5.74, 6) is -1.84. The van der Waals surface area contributed by atoms with E-state index >= 15 is 0 Å². The smallest absolute Gasteiger partial charge is 0.345 e. The summed E-state index contributed by atoms with van der Waals surface area (Å²) >= 11 is 5.95. The van der Waals surface area contributed by atoms with Crippen molar-refractivity contribution in [3.05, 3.63) is 29.0 Å². The highest BCUT2D eigenvalue weighted by atomic mass is 35.5. The monoisotopic (exact) mass is 422 g/mol. The Morgan fingerprint density at radius 1 is 1.25 bits per heavy atom. The average molecular weight is 423 g/mol. The maximum absolute atomic E-state index is 13.9. The standard InChI is InChI=1S/C17H19ClF4N4O2/c18-11-5-12(19)7-13(6-11)26-10-25(8-14(27)24-9-17(20,21)22)15(28)16(26)1-3-23-4-2-16/h5-7,23H,1-4,8-10H2,(H,24,27). The molecular weight excluding hydrogens is 404 g/mol. The van der Waals surface area contributed by atoms with Crippen LogP contribution in [0, 0.1) is 5.82 Å². The highest BCUT2D eigenvalue weighted by molar-refractivity contribution is 6.30. The average Bonchev–Trinajstić information content (AvgIpc) is 2.85. The van der Waals surface area contributed by atoms with Gasteiger partial charge in [-0.3, -0.25) is 9.59 Å². The minimum atomic E-state index is -4.54. The van der Waals surface area contributed by atoms with Gasteiger partial charge in [0.15, 0.2) is 0 Å². The van der Waals surface area contributed by atoms with Gasteiger partial charge in [-0.25, -0.2) is 4.39 Å². The van der Waals surface area contributed by atoms with Crippen molar-refractivity contribution >= 4 is 29.1 Å². The molecule has 0 unspecified atom stereocenters. The second kappa shape index (κ2) is 7.75. The van der Waals surface area contributed by atoms with Crippen LogP contribution < -0.4 is 15.5 Å². The van der Waals surface area contributed by atoms with Gasteiger partial charge in [0.1, 0.15) is 24.4 Å². The summed E-state index contributed by atoms with van der Waals surface area (Å²) in [5.41, 5.74) is -0.606. The molecule has 2 saturated heterocycles. The highest BCUT2D eigenvalue weighted by Gasteiger charge is 2.53. The molecule has 11 heteroatoms. The Balaban J connectivity index is 1.83. The van der Waals surface area contributed by atoms with Gasteiger partial charge in [-0.05, 0) is 44.1 Å². The molecule has 6 nitrogen and oxygen atoms in total. The third-order valence-corrected chi connectivity index (χ3v) is 5.14. The molecule has 1 spiro atoms. The van der Waals surface area contributed by atoms with Crippen LogP contribution in [0.1, 0.15) is 12.8 Å². The van der Waals surface area contributed by atoms with Crippen LogP contribution in [0.15, 0.2) is 18.2 Å². The molecule has 0 saturated carbocycles. The van der Waals surface area contributed by atoms with E-state index in [0.717, 1.165) is 6.07 Å². The molecular formula is C17H19ClF4N4O2. The number of alkyl halides is 3. The van der Waals surface area contributed by atoms with Crippen LogP contribution in [0.3, 0.4) is 0 Å². The summed E-state index contributed by atoms with van der Waals surface area (Å²) in [6, 6.07) is 3.91. The van der Waals surface area contributed by atoms with E-state index in [2.05, 4.69) is 5.32 Å². The van der Waals surface area contributed by atoms with Gasteiger partial charge in [-0.15, -0.1) is 0 Å². The number of nitrogens with one attached hydrogen (secondary N) is 2. The number of nitrogens with zero attached hydrogens (tertiary/aromatic N) is 2. The maximum Gasteiger partial charge on any atom is 0.405 e. The topological polar surface area (TPSA) is 64.7 Å². The van der Waals surface area contributed by atoms with E-state index in [0.29, 0.717) is 31.6 Å². The van der Waals surface area contributed by atoms with E-state index < -0.39 is 36.5 Å². The van der Waals surface area contributed by atoms with Crippen LogP contribution >= 0.6 is 11.6 Å². The molecule has 2 fully saturated rings. The highest BCUT2D eigenvalue weighted by Crippen LogP contribution is 2.39. The molecule has 2 aliphatic rings. The van der Waals surface area contributed by atoms with Crippen LogP contribution in [0.4, 0.5) is 23.2 Å². The van der Waals surface area contributed by atoms with Gasteiger partial charge in [-0.2, -0.15) is 13.2 Å². The summed E-state index contributed by atoms with van der Waals surface area (Å²) in [6.07, 6.45) is -3.70. The first-order valence-corrected chi connectivity index (χ1v) is 9.06. The number of halogens is 5. The zero-order valence-corrected chi connectivity index (χ0v) is 15.5. The number of hydrogen-bond donors (Lipinski definition) is 2. The molecule has 28 heavy (non-hydrogen) atoms. The van der Waals surface area contributed by atoms with Gasteiger partial charge in [0.25, 0.3) is 0 Å². The van der Waals surface area contributed by atoms with Crippen LogP contribution in [-0.2, 0) is 9.59 Å². The van der Waals surface area contributed by atoms with Crippen molar-refractivity contribution < 1.29 is 27.2 Å². The van der Waals surface area contributed by atoms with Crippen LogP contribution in [0.2, 0.25) is 5.02 Å². The minimum absolute atomic E-state index is 0.0436. The molecule has 2 aliphatic heterocycles. The summed E-state index contributed by atoms with van der Waals surface area (Å²) in [6.45, 7) is -0.938. The van der Waals surface area contributed by atoms with Crippen molar-refractivity contribution in [3.63, 3.8) is 0 Å². The van der Waals surface area contributed by atoms with Crippen molar-refractivity contribution in [2.75, 3.05) is 37.7 Å². The number of carbonyl (C=O) groups is 2. The molecule has 2 N–H and O–H groups in total. The largest absolute Gasteiger partial charge is 0.405 e. The molecule has 1 aromatic rings. The molecule has 2 heterocycles. The summed E-state index contributed by atoms with van der Waals surface area (Å²) in [7, 11) is 0. The quantitative estimate of drug-likeness (QED) is 0.727. The maximum atomic E-state index is 13.9. The zero-order chi connectivity index (χ0) is 20.5. The number of anilines is 1. The SMILES string of the molecule is O=C(CN1CN(c2cc(F)cc(Cl)c2)C2(CCNCC2)C1=O)NCC(F)(F)F. The Kier molecular flexibility index (Phi) is 5.72. The number of carbonyl (C=O) groups excluding carboxylic acids is 2. The first-order chi connectivity index (χ1) is 13.1. The normalized spacial score (nSPS) is 19.4. The molecule has 2 amide bonds. The molecule has 0 aromatic heterocycles. The van der Waals surface area contributed by atoms with Crippen LogP contribution in [0.5, 0.6) is 0 Å². The Hall–Kier alpha value is -2.07. The van der Waals surface area contributed by atoms with Crippen molar-refractivity contribution in [1.29, 1.82) is 0 Å². The second-order valence-electron chi connectivity index (χ2n) is 6.87. The number of rotatable bonds is 4. The Labute approximate surface area is 163 Å². The third-order valence-electron chi connectivity index (χ3n) is 4.92. The minimum Gasteiger partial charge on any atom is -0.345 e. The molecule has 0 radical (unpaired) electrons. The second-order valence-corrected chi connectivity index (χ2v) is 7.31. The molecule has 3 rings (SSSR count). The Morgan fingerprint density at radius 2 is 1.93 bits per heavy atom. The van der Waals surface area contributed by atoms with Crippen molar-refractivity contribution in [1.82, 2.24) is 15.5 Å². The third kappa shape index (κ3) is 4.33. The molecule has 154 valence electrons. The molecule has 0 aliphatic carbocycles. The predicted molar refractivity (Wildman–Crippen MR) is 94.4 cm³/mol. The van der Waals surface area contributed by atoms with Crippen molar-refractivity contribution in [2.24, 2.45) is 0 Å². The van der Waals surface area contributed by atoms with Gasteiger partial charge in [0.05, 0.1) is 6.67 Å². The summed E-state index contributed by atoms with van der Waals surface area (Å²) in [4.78, 5) is 27.9. The first kappa shape index (κ1) is 20.7. The van der Waals surface area contributed by atoms with E-state index in [-0.39, 0.29) is 17.6 Å². The van der Waals surface area contributed by atoms with E-state index in [1.54, 1.807) is 10.2 Å². The fraction of sp³-hybridized carbons (Fsp3) is 0.529. The fourth-order valence-corrected chi connectivity index (χ4v) is 3.89. The first-order valence-electron chi connectivity index (χ1n) is 8.68. The molecule has 0 atom stereocenters. The lowest BCUT2D eigenvalue weighted by Crippen LogP contribution is -2.56. The van der Waals surface area contributed by atoms with Gasteiger partial charge in [0.2, 0.25) is 11.8 Å². The number of piperidine rings is 1. The summed E-state index contributed by atoms with van der Waals surface area (Å²) in [5, 5.41) is 5.07. The number of amides is 2. The predicted octanol–water partition coefficient (Wildman–Crippen LogP) is 1.89. The van der Waals surface area contributed by atoms with E-state index in [9.17, 15) is 27.2 Å². The molecule has 1 aromatic carbocycles. The van der Waals surface area contributed by atoms with E-state index in [4.69, 9.17) is 11.6 Å². The van der Waals surface area contributed by atoms with Gasteiger partial charge < -0.3 is 20.4 Å². The Bertz CT molecular complexity index is 748.